The molecule has 3 rings (SSSR count). The van der Waals surface area contributed by atoms with Crippen molar-refractivity contribution in [2.75, 3.05) is 24.3 Å². The molecule has 0 bridgehead atoms. The van der Waals surface area contributed by atoms with Crippen molar-refractivity contribution in [3.8, 4) is 11.8 Å². The van der Waals surface area contributed by atoms with Crippen molar-refractivity contribution in [3.05, 3.63) is 72.6 Å². The summed E-state index contributed by atoms with van der Waals surface area (Å²) in [6.45, 7) is 0. The van der Waals surface area contributed by atoms with E-state index in [0.29, 0.717) is 17.0 Å². The van der Waals surface area contributed by atoms with Gasteiger partial charge in [0.05, 0.1) is 18.1 Å². The number of benzene rings is 2. The third-order valence-corrected chi connectivity index (χ3v) is 3.46. The number of carbonyl (C=O) groups is 1. The monoisotopic (exact) mass is 334 g/mol. The molecule has 6 nitrogen and oxygen atoms in total. The van der Waals surface area contributed by atoms with Gasteiger partial charge in [-0.3, -0.25) is 4.79 Å². The van der Waals surface area contributed by atoms with E-state index < -0.39 is 0 Å². The largest absolute Gasteiger partial charge is 0.424 e. The van der Waals surface area contributed by atoms with Crippen molar-refractivity contribution in [2.45, 2.75) is 0 Å². The first kappa shape index (κ1) is 16.4. The molecule has 3 aromatic rings. The fourth-order valence-corrected chi connectivity index (χ4v) is 2.16. The summed E-state index contributed by atoms with van der Waals surface area (Å²) in [7, 11) is 3.85. The van der Waals surface area contributed by atoms with Crippen molar-refractivity contribution in [2.24, 2.45) is 0 Å². The molecule has 1 amide bonds. The molecule has 0 aliphatic heterocycles. The molecule has 2 aromatic carbocycles. The van der Waals surface area contributed by atoms with Crippen LogP contribution in [0.15, 0.2) is 67.0 Å². The highest BCUT2D eigenvalue weighted by atomic mass is 16.5. The van der Waals surface area contributed by atoms with Crippen LogP contribution in [0.4, 0.5) is 11.4 Å². The van der Waals surface area contributed by atoms with Crippen LogP contribution < -0.4 is 15.0 Å². The lowest BCUT2D eigenvalue weighted by atomic mass is 10.2. The second kappa shape index (κ2) is 7.44. The van der Waals surface area contributed by atoms with Crippen LogP contribution >= 0.6 is 0 Å². The first-order valence-electron chi connectivity index (χ1n) is 7.75. The third kappa shape index (κ3) is 4.32. The molecule has 1 N–H and O–H groups in total. The average molecular weight is 334 g/mol. The Hall–Kier alpha value is -3.41. The van der Waals surface area contributed by atoms with E-state index in [1.165, 1.54) is 12.4 Å². The number of carbonyl (C=O) groups excluding carboxylic acids is 1. The maximum atomic E-state index is 12.3. The number of aromatic nitrogens is 2. The minimum atomic E-state index is -0.218. The Kier molecular flexibility index (Phi) is 4.89. The Morgan fingerprint density at radius 3 is 2.40 bits per heavy atom. The minimum absolute atomic E-state index is 0.218. The molecule has 0 aliphatic rings. The number of ether oxygens (including phenoxy) is 1. The summed E-state index contributed by atoms with van der Waals surface area (Å²) in [6, 6.07) is 16.9. The molecule has 126 valence electrons. The molecule has 0 aliphatic carbocycles. The second-order valence-corrected chi connectivity index (χ2v) is 5.57. The van der Waals surface area contributed by atoms with E-state index in [1.807, 2.05) is 67.5 Å². The number of para-hydroxylation sites is 1. The van der Waals surface area contributed by atoms with E-state index in [-0.39, 0.29) is 11.9 Å². The summed E-state index contributed by atoms with van der Waals surface area (Å²) in [6.07, 6.45) is 3.03. The molecule has 0 saturated carbocycles. The molecular weight excluding hydrogens is 316 g/mol. The van der Waals surface area contributed by atoms with Crippen LogP contribution in [0.5, 0.6) is 11.8 Å². The zero-order valence-corrected chi connectivity index (χ0v) is 14.0. The van der Waals surface area contributed by atoms with E-state index in [2.05, 4.69) is 15.3 Å². The minimum Gasteiger partial charge on any atom is -0.424 e. The molecule has 0 spiro atoms. The molecule has 1 heterocycles. The van der Waals surface area contributed by atoms with Gasteiger partial charge in [-0.15, -0.1) is 0 Å². The number of nitrogens with one attached hydrogen (secondary N) is 1. The number of hydrogen-bond acceptors (Lipinski definition) is 5. The fraction of sp³-hybridized carbons (Fsp3) is 0.105. The van der Waals surface area contributed by atoms with Crippen LogP contribution in [0.25, 0.3) is 0 Å². The Bertz CT molecular complexity index is 849. The number of nitrogens with zero attached hydrogens (tertiary/aromatic N) is 3. The number of anilines is 2. The predicted molar refractivity (Wildman–Crippen MR) is 97.3 cm³/mol. The van der Waals surface area contributed by atoms with Gasteiger partial charge in [0.15, 0.2) is 0 Å². The lowest BCUT2D eigenvalue weighted by Gasteiger charge is -2.13. The normalized spacial score (nSPS) is 10.2. The molecule has 0 saturated heterocycles. The first-order chi connectivity index (χ1) is 12.1. The van der Waals surface area contributed by atoms with Gasteiger partial charge in [-0.1, -0.05) is 24.3 Å². The summed E-state index contributed by atoms with van der Waals surface area (Å²) in [5.41, 5.74) is 2.02. The molecule has 6 heteroatoms. The number of amides is 1. The van der Waals surface area contributed by atoms with E-state index in [9.17, 15) is 4.79 Å². The molecule has 1 aromatic heterocycles. The van der Waals surface area contributed by atoms with Crippen molar-refractivity contribution >= 4 is 17.3 Å². The van der Waals surface area contributed by atoms with Crippen molar-refractivity contribution in [3.63, 3.8) is 0 Å². The SMILES string of the molecule is CN(C)c1cccc(C(=O)Nc2cnc(Oc3ccccc3)nc2)c1. The second-order valence-electron chi connectivity index (χ2n) is 5.57. The highest BCUT2D eigenvalue weighted by Gasteiger charge is 2.09. The van der Waals surface area contributed by atoms with Crippen LogP contribution in [0.2, 0.25) is 0 Å². The van der Waals surface area contributed by atoms with Gasteiger partial charge in [0.25, 0.3) is 5.91 Å². The molecule has 0 radical (unpaired) electrons. The lowest BCUT2D eigenvalue weighted by molar-refractivity contribution is 0.102. The predicted octanol–water partition coefficient (Wildman–Crippen LogP) is 3.59. The van der Waals surface area contributed by atoms with Gasteiger partial charge in [0.1, 0.15) is 5.75 Å². The van der Waals surface area contributed by atoms with Crippen molar-refractivity contribution in [1.29, 1.82) is 0 Å². The van der Waals surface area contributed by atoms with Gasteiger partial charge in [-0.2, -0.15) is 0 Å². The van der Waals surface area contributed by atoms with Crippen LogP contribution in [0, 0.1) is 0 Å². The third-order valence-electron chi connectivity index (χ3n) is 3.46. The fourth-order valence-electron chi connectivity index (χ4n) is 2.16. The highest BCUT2D eigenvalue weighted by Crippen LogP contribution is 2.18. The van der Waals surface area contributed by atoms with Gasteiger partial charge < -0.3 is 15.0 Å². The summed E-state index contributed by atoms with van der Waals surface area (Å²) in [5, 5.41) is 2.78. The average Bonchev–Trinajstić information content (AvgIpc) is 2.64. The van der Waals surface area contributed by atoms with Gasteiger partial charge in [0.2, 0.25) is 0 Å². The summed E-state index contributed by atoms with van der Waals surface area (Å²) in [5.74, 6) is 0.434. The van der Waals surface area contributed by atoms with Crippen LogP contribution in [-0.4, -0.2) is 30.0 Å². The van der Waals surface area contributed by atoms with Crippen molar-refractivity contribution in [1.82, 2.24) is 9.97 Å². The van der Waals surface area contributed by atoms with Crippen LogP contribution in [0.1, 0.15) is 10.4 Å². The van der Waals surface area contributed by atoms with Gasteiger partial charge >= 0.3 is 6.01 Å². The van der Waals surface area contributed by atoms with E-state index in [1.54, 1.807) is 6.07 Å². The van der Waals surface area contributed by atoms with Crippen LogP contribution in [-0.2, 0) is 0 Å². The Balaban J connectivity index is 1.67. The van der Waals surface area contributed by atoms with Crippen molar-refractivity contribution < 1.29 is 9.53 Å². The lowest BCUT2D eigenvalue weighted by Crippen LogP contribution is -2.14. The highest BCUT2D eigenvalue weighted by molar-refractivity contribution is 6.04. The van der Waals surface area contributed by atoms with E-state index in [4.69, 9.17) is 4.74 Å². The molecule has 0 fully saturated rings. The maximum Gasteiger partial charge on any atom is 0.322 e. The van der Waals surface area contributed by atoms with E-state index in [0.717, 1.165) is 5.69 Å². The van der Waals surface area contributed by atoms with Gasteiger partial charge in [-0.25, -0.2) is 9.97 Å². The molecule has 0 unspecified atom stereocenters. The first-order valence-corrected chi connectivity index (χ1v) is 7.75. The Morgan fingerprint density at radius 2 is 1.72 bits per heavy atom. The molecule has 25 heavy (non-hydrogen) atoms. The molecular formula is C19H18N4O2. The quantitative estimate of drug-likeness (QED) is 0.772. The zero-order valence-electron chi connectivity index (χ0n) is 14.0. The molecule has 0 atom stereocenters. The van der Waals surface area contributed by atoms with Crippen LogP contribution in [0.3, 0.4) is 0 Å². The number of hydrogen-bond donors (Lipinski definition) is 1. The maximum absolute atomic E-state index is 12.3. The van der Waals surface area contributed by atoms with Gasteiger partial charge in [0, 0.05) is 25.3 Å². The Labute approximate surface area is 146 Å². The zero-order chi connectivity index (χ0) is 17.6. The summed E-state index contributed by atoms with van der Waals surface area (Å²) in [4.78, 5) is 22.5. The topological polar surface area (TPSA) is 67.4 Å². The standard InChI is InChI=1S/C19H18N4O2/c1-23(2)16-8-6-7-14(11-16)18(24)22-15-12-20-19(21-13-15)25-17-9-4-3-5-10-17/h3-13H,1-2H3,(H,22,24). The summed E-state index contributed by atoms with van der Waals surface area (Å²) >= 11 is 0. The summed E-state index contributed by atoms with van der Waals surface area (Å²) < 4.78 is 5.52. The number of rotatable bonds is 5. The Morgan fingerprint density at radius 1 is 1.00 bits per heavy atom. The van der Waals surface area contributed by atoms with Gasteiger partial charge in [-0.05, 0) is 30.3 Å². The smallest absolute Gasteiger partial charge is 0.322 e. The van der Waals surface area contributed by atoms with E-state index >= 15 is 0 Å².